The van der Waals surface area contributed by atoms with Gasteiger partial charge in [-0.3, -0.25) is 0 Å². The zero-order valence-corrected chi connectivity index (χ0v) is 8.89. The molecule has 3 heteroatoms. The summed E-state index contributed by atoms with van der Waals surface area (Å²) in [6, 6.07) is 0. The van der Waals surface area contributed by atoms with E-state index in [1.807, 2.05) is 13.8 Å². The number of nitrogens with one attached hydrogen (secondary N) is 1. The zero-order chi connectivity index (χ0) is 10.3. The summed E-state index contributed by atoms with van der Waals surface area (Å²) in [4.78, 5) is 0. The Kier molecular flexibility index (Phi) is 2.54. The van der Waals surface area contributed by atoms with Gasteiger partial charge in [0, 0.05) is 11.8 Å². The third kappa shape index (κ3) is 1.56. The number of alkyl halides is 2. The van der Waals surface area contributed by atoms with Gasteiger partial charge in [-0.25, -0.2) is 8.78 Å². The van der Waals surface area contributed by atoms with Crippen molar-refractivity contribution in [1.82, 2.24) is 5.32 Å². The van der Waals surface area contributed by atoms with Crippen LogP contribution in [0.25, 0.3) is 0 Å². The van der Waals surface area contributed by atoms with Crippen molar-refractivity contribution in [2.24, 2.45) is 23.7 Å². The first kappa shape index (κ1) is 10.3. The van der Waals surface area contributed by atoms with E-state index >= 15 is 0 Å². The fourth-order valence-electron chi connectivity index (χ4n) is 3.03. The van der Waals surface area contributed by atoms with Gasteiger partial charge in [-0.15, -0.1) is 0 Å². The Labute approximate surface area is 84.3 Å². The fourth-order valence-corrected chi connectivity index (χ4v) is 3.03. The van der Waals surface area contributed by atoms with E-state index in [1.165, 1.54) is 0 Å². The molecular weight excluding hydrogens is 184 g/mol. The van der Waals surface area contributed by atoms with Gasteiger partial charge >= 0.3 is 0 Å². The number of hydrogen-bond acceptors (Lipinski definition) is 1. The summed E-state index contributed by atoms with van der Waals surface area (Å²) in [5, 5.41) is 3.22. The molecule has 2 aliphatic rings. The minimum Gasteiger partial charge on any atom is -0.316 e. The molecule has 1 aliphatic heterocycles. The highest BCUT2D eigenvalue weighted by Crippen LogP contribution is 2.62. The second kappa shape index (κ2) is 3.44. The Morgan fingerprint density at radius 2 is 2.07 bits per heavy atom. The lowest BCUT2D eigenvalue weighted by atomic mass is 9.91. The Balaban J connectivity index is 1.98. The first-order valence-corrected chi connectivity index (χ1v) is 5.63. The van der Waals surface area contributed by atoms with Gasteiger partial charge in [-0.2, -0.15) is 0 Å². The monoisotopic (exact) mass is 203 g/mol. The van der Waals surface area contributed by atoms with E-state index in [9.17, 15) is 8.78 Å². The Morgan fingerprint density at radius 1 is 1.36 bits per heavy atom. The molecule has 3 atom stereocenters. The van der Waals surface area contributed by atoms with Gasteiger partial charge in [0.1, 0.15) is 0 Å². The van der Waals surface area contributed by atoms with Gasteiger partial charge in [0.25, 0.3) is 5.92 Å². The predicted octanol–water partition coefficient (Wildman–Crippen LogP) is 2.52. The molecule has 0 aromatic carbocycles. The Morgan fingerprint density at radius 3 is 2.50 bits per heavy atom. The summed E-state index contributed by atoms with van der Waals surface area (Å²) in [7, 11) is 0. The van der Waals surface area contributed by atoms with Crippen molar-refractivity contribution >= 4 is 0 Å². The fraction of sp³-hybridized carbons (Fsp3) is 1.00. The van der Waals surface area contributed by atoms with E-state index in [-0.39, 0.29) is 23.7 Å². The molecule has 82 valence electrons. The molecule has 14 heavy (non-hydrogen) atoms. The van der Waals surface area contributed by atoms with Gasteiger partial charge < -0.3 is 5.32 Å². The van der Waals surface area contributed by atoms with Gasteiger partial charge in [-0.05, 0) is 37.8 Å². The van der Waals surface area contributed by atoms with Gasteiger partial charge in [0.15, 0.2) is 0 Å². The maximum Gasteiger partial charge on any atom is 0.255 e. The molecule has 2 rings (SSSR count). The molecule has 0 amide bonds. The second-order valence-electron chi connectivity index (χ2n) is 5.08. The van der Waals surface area contributed by atoms with E-state index in [1.54, 1.807) is 0 Å². The quantitative estimate of drug-likeness (QED) is 0.727. The van der Waals surface area contributed by atoms with Crippen LogP contribution in [0.4, 0.5) is 8.78 Å². The van der Waals surface area contributed by atoms with Crippen LogP contribution in [0.3, 0.4) is 0 Å². The summed E-state index contributed by atoms with van der Waals surface area (Å²) in [6.45, 7) is 5.62. The van der Waals surface area contributed by atoms with Crippen molar-refractivity contribution in [2.45, 2.75) is 32.6 Å². The molecule has 0 bridgehead atoms. The molecule has 1 aliphatic carbocycles. The second-order valence-corrected chi connectivity index (χ2v) is 5.08. The lowest BCUT2D eigenvalue weighted by molar-refractivity contribution is 0.0654. The summed E-state index contributed by atoms with van der Waals surface area (Å²) >= 11 is 0. The van der Waals surface area contributed by atoms with E-state index in [2.05, 4.69) is 5.32 Å². The van der Waals surface area contributed by atoms with E-state index in [0.29, 0.717) is 0 Å². The maximum atomic E-state index is 13.5. The molecule has 0 radical (unpaired) electrons. The van der Waals surface area contributed by atoms with Crippen molar-refractivity contribution in [3.63, 3.8) is 0 Å². The molecule has 2 fully saturated rings. The molecule has 3 unspecified atom stereocenters. The molecule has 1 saturated carbocycles. The van der Waals surface area contributed by atoms with Crippen molar-refractivity contribution in [1.29, 1.82) is 0 Å². The van der Waals surface area contributed by atoms with Crippen LogP contribution in [-0.4, -0.2) is 19.0 Å². The summed E-state index contributed by atoms with van der Waals surface area (Å²) in [5.41, 5.74) is 0. The third-order valence-electron chi connectivity index (χ3n) is 3.73. The maximum absolute atomic E-state index is 13.5. The normalized spacial score (nSPS) is 41.4. The van der Waals surface area contributed by atoms with Crippen LogP contribution in [-0.2, 0) is 0 Å². The van der Waals surface area contributed by atoms with Gasteiger partial charge in [0.2, 0.25) is 0 Å². The molecule has 1 nitrogen and oxygen atoms in total. The summed E-state index contributed by atoms with van der Waals surface area (Å²) < 4.78 is 26.9. The van der Waals surface area contributed by atoms with Crippen LogP contribution < -0.4 is 5.32 Å². The van der Waals surface area contributed by atoms with Crippen molar-refractivity contribution in [3.05, 3.63) is 0 Å². The number of halogens is 2. The van der Waals surface area contributed by atoms with E-state index in [4.69, 9.17) is 0 Å². The van der Waals surface area contributed by atoms with Crippen LogP contribution in [0.15, 0.2) is 0 Å². The van der Waals surface area contributed by atoms with Crippen LogP contribution in [0.1, 0.15) is 26.7 Å². The summed E-state index contributed by atoms with van der Waals surface area (Å²) in [6.07, 6.45) is 2.04. The SMILES string of the molecule is CC(C)C1C(C2CCCNC2)C1(F)F. The van der Waals surface area contributed by atoms with Crippen LogP contribution >= 0.6 is 0 Å². The highest BCUT2D eigenvalue weighted by molar-refractivity contribution is 5.09. The number of rotatable bonds is 2. The molecule has 0 spiro atoms. The van der Waals surface area contributed by atoms with Crippen LogP contribution in [0.2, 0.25) is 0 Å². The predicted molar refractivity (Wildman–Crippen MR) is 52.4 cm³/mol. The molecule has 0 aromatic rings. The van der Waals surface area contributed by atoms with Crippen molar-refractivity contribution in [2.75, 3.05) is 13.1 Å². The molecule has 1 heterocycles. The molecule has 1 N–H and O–H groups in total. The largest absolute Gasteiger partial charge is 0.316 e. The molecular formula is C11H19F2N. The van der Waals surface area contributed by atoms with Crippen LogP contribution in [0, 0.1) is 23.7 Å². The van der Waals surface area contributed by atoms with Crippen molar-refractivity contribution < 1.29 is 8.78 Å². The smallest absolute Gasteiger partial charge is 0.255 e. The average molecular weight is 203 g/mol. The van der Waals surface area contributed by atoms with Gasteiger partial charge in [0.05, 0.1) is 0 Å². The van der Waals surface area contributed by atoms with E-state index in [0.717, 1.165) is 25.9 Å². The average Bonchev–Trinajstić information content (AvgIpc) is 2.71. The van der Waals surface area contributed by atoms with E-state index < -0.39 is 5.92 Å². The molecule has 0 aromatic heterocycles. The highest BCUT2D eigenvalue weighted by Gasteiger charge is 2.70. The lowest BCUT2D eigenvalue weighted by Crippen LogP contribution is -2.32. The number of piperidine rings is 1. The third-order valence-corrected chi connectivity index (χ3v) is 3.73. The first-order valence-electron chi connectivity index (χ1n) is 5.63. The topological polar surface area (TPSA) is 12.0 Å². The van der Waals surface area contributed by atoms with Crippen LogP contribution in [0.5, 0.6) is 0 Å². The standard InChI is InChI=1S/C11H19F2N/c1-7(2)9-10(11(9,12)13)8-4-3-5-14-6-8/h7-10,14H,3-6H2,1-2H3. The highest BCUT2D eigenvalue weighted by atomic mass is 19.3. The lowest BCUT2D eigenvalue weighted by Gasteiger charge is -2.22. The first-order chi connectivity index (χ1) is 6.55. The minimum atomic E-state index is -2.38. The Bertz CT molecular complexity index is 209. The number of hydrogen-bond donors (Lipinski definition) is 1. The minimum absolute atomic E-state index is 0.122. The van der Waals surface area contributed by atoms with Gasteiger partial charge in [-0.1, -0.05) is 13.8 Å². The zero-order valence-electron chi connectivity index (χ0n) is 8.89. The molecule has 1 saturated heterocycles. The Hall–Kier alpha value is -0.180. The van der Waals surface area contributed by atoms with Crippen molar-refractivity contribution in [3.8, 4) is 0 Å². The summed E-state index contributed by atoms with van der Waals surface area (Å²) in [5.74, 6) is -2.73.